The van der Waals surface area contributed by atoms with Gasteiger partial charge in [-0.15, -0.1) is 0 Å². The molecule has 2 rings (SSSR count). The molecule has 1 heterocycles. The van der Waals surface area contributed by atoms with Gasteiger partial charge in [-0.05, 0) is 25.1 Å². The van der Waals surface area contributed by atoms with Crippen molar-refractivity contribution in [3.05, 3.63) is 27.2 Å². The summed E-state index contributed by atoms with van der Waals surface area (Å²) >= 11 is 17.4. The number of nitrogens with one attached hydrogen (secondary N) is 2. The van der Waals surface area contributed by atoms with Gasteiger partial charge in [0.1, 0.15) is 0 Å². The van der Waals surface area contributed by atoms with Crippen LogP contribution in [-0.2, 0) is 4.79 Å². The van der Waals surface area contributed by atoms with E-state index in [0.717, 1.165) is 0 Å². The average Bonchev–Trinajstić information content (AvgIpc) is 2.85. The molecule has 0 aromatic heterocycles. The topological polar surface area (TPSA) is 41.1 Å². The van der Waals surface area contributed by atoms with Gasteiger partial charge < -0.3 is 10.6 Å². The Morgan fingerprint density at radius 2 is 1.81 bits per heavy atom. The maximum atomic E-state index is 13.2. The van der Waals surface area contributed by atoms with Gasteiger partial charge in [0.15, 0.2) is 5.41 Å². The molecule has 1 unspecified atom stereocenters. The molecule has 1 fully saturated rings. The molecular weight excluding hydrogens is 351 g/mol. The Kier molecular flexibility index (Phi) is 4.63. The molecule has 3 nitrogen and oxygen atoms in total. The second-order valence-electron chi connectivity index (χ2n) is 4.71. The third-order valence-electron chi connectivity index (χ3n) is 3.39. The zero-order valence-electron chi connectivity index (χ0n) is 10.5. The summed E-state index contributed by atoms with van der Waals surface area (Å²) in [7, 11) is 0. The summed E-state index contributed by atoms with van der Waals surface area (Å²) in [5, 5.41) is 5.00. The molecule has 1 aromatic carbocycles. The number of anilines is 1. The molecule has 1 aliphatic heterocycles. The fraction of sp³-hybridized carbons (Fsp3) is 0.417. The Balaban J connectivity index is 2.31. The van der Waals surface area contributed by atoms with E-state index in [4.69, 9.17) is 34.8 Å². The van der Waals surface area contributed by atoms with Crippen molar-refractivity contribution in [1.29, 1.82) is 0 Å². The molecule has 1 aliphatic rings. The fourth-order valence-electron chi connectivity index (χ4n) is 2.12. The molecule has 0 saturated carbocycles. The van der Waals surface area contributed by atoms with Crippen LogP contribution in [0.5, 0.6) is 0 Å². The van der Waals surface area contributed by atoms with Crippen LogP contribution in [-0.4, -0.2) is 25.2 Å². The van der Waals surface area contributed by atoms with E-state index < -0.39 is 24.0 Å². The van der Waals surface area contributed by atoms with Crippen molar-refractivity contribution in [2.75, 3.05) is 18.4 Å². The number of hydrogen-bond donors (Lipinski definition) is 2. The molecule has 0 spiro atoms. The molecule has 9 heteroatoms. The number of halogens is 6. The lowest BCUT2D eigenvalue weighted by Crippen LogP contribution is -2.49. The zero-order chi connectivity index (χ0) is 15.8. The number of rotatable bonds is 2. The van der Waals surface area contributed by atoms with Gasteiger partial charge in [-0.25, -0.2) is 0 Å². The highest BCUT2D eigenvalue weighted by Gasteiger charge is 2.61. The van der Waals surface area contributed by atoms with Gasteiger partial charge in [0.05, 0.1) is 20.8 Å². The Hall–Kier alpha value is -0.690. The minimum atomic E-state index is -4.66. The van der Waals surface area contributed by atoms with Gasteiger partial charge in [0, 0.05) is 6.54 Å². The van der Waals surface area contributed by atoms with Crippen LogP contribution < -0.4 is 10.6 Å². The first-order valence-electron chi connectivity index (χ1n) is 5.91. The third-order valence-corrected chi connectivity index (χ3v) is 4.43. The molecule has 116 valence electrons. The van der Waals surface area contributed by atoms with Crippen molar-refractivity contribution < 1.29 is 18.0 Å². The monoisotopic (exact) mass is 360 g/mol. The van der Waals surface area contributed by atoms with E-state index in [0.29, 0.717) is 0 Å². The highest BCUT2D eigenvalue weighted by Crippen LogP contribution is 2.44. The van der Waals surface area contributed by atoms with Gasteiger partial charge in [0.25, 0.3) is 0 Å². The van der Waals surface area contributed by atoms with Gasteiger partial charge in [-0.2, -0.15) is 13.2 Å². The molecular formula is C12H10Cl3F3N2O. The van der Waals surface area contributed by atoms with E-state index in [1.165, 1.54) is 12.1 Å². The lowest BCUT2D eigenvalue weighted by molar-refractivity contribution is -0.213. The smallest absolute Gasteiger partial charge is 0.324 e. The molecule has 1 saturated heterocycles. The van der Waals surface area contributed by atoms with Crippen molar-refractivity contribution in [2.24, 2.45) is 5.41 Å². The fourth-order valence-corrected chi connectivity index (χ4v) is 2.71. The van der Waals surface area contributed by atoms with Crippen LogP contribution in [0.15, 0.2) is 12.1 Å². The van der Waals surface area contributed by atoms with Crippen LogP contribution in [0, 0.1) is 5.41 Å². The zero-order valence-corrected chi connectivity index (χ0v) is 12.7. The van der Waals surface area contributed by atoms with Crippen LogP contribution >= 0.6 is 34.8 Å². The largest absolute Gasteiger partial charge is 0.404 e. The van der Waals surface area contributed by atoms with Gasteiger partial charge in [0.2, 0.25) is 5.91 Å². The van der Waals surface area contributed by atoms with Crippen LogP contribution in [0.25, 0.3) is 0 Å². The minimum absolute atomic E-state index is 0.00779. The number of carbonyl (C=O) groups is 1. The molecule has 0 aliphatic carbocycles. The first kappa shape index (κ1) is 16.7. The van der Waals surface area contributed by atoms with Gasteiger partial charge in [-0.1, -0.05) is 34.8 Å². The average molecular weight is 362 g/mol. The van der Waals surface area contributed by atoms with E-state index in [-0.39, 0.29) is 33.7 Å². The normalized spacial score (nSPS) is 22.4. The van der Waals surface area contributed by atoms with Crippen molar-refractivity contribution in [3.63, 3.8) is 0 Å². The molecule has 1 atom stereocenters. The Morgan fingerprint density at radius 1 is 1.19 bits per heavy atom. The number of hydrogen-bond acceptors (Lipinski definition) is 2. The molecule has 1 aromatic rings. The van der Waals surface area contributed by atoms with E-state index in [2.05, 4.69) is 10.6 Å². The van der Waals surface area contributed by atoms with Crippen LogP contribution in [0.4, 0.5) is 18.9 Å². The van der Waals surface area contributed by atoms with E-state index in [9.17, 15) is 18.0 Å². The molecule has 0 bridgehead atoms. The highest BCUT2D eigenvalue weighted by molar-refractivity contribution is 6.44. The van der Waals surface area contributed by atoms with Crippen LogP contribution in [0.3, 0.4) is 0 Å². The standard InChI is InChI=1S/C12H10Cl3F3N2O/c13-6-3-8(15)9(4-7(6)14)20-10(21)11(12(16,17)18)1-2-19-5-11/h3-4,19H,1-2,5H2,(H,20,21). The number of amides is 1. The SMILES string of the molecule is O=C(Nc1cc(Cl)c(Cl)cc1Cl)C1(C(F)(F)F)CCNC1. The minimum Gasteiger partial charge on any atom is -0.324 e. The van der Waals surface area contributed by atoms with Gasteiger partial charge >= 0.3 is 6.18 Å². The summed E-state index contributed by atoms with van der Waals surface area (Å²) in [5.74, 6) is -1.17. The van der Waals surface area contributed by atoms with Crippen molar-refractivity contribution in [3.8, 4) is 0 Å². The summed E-state index contributed by atoms with van der Waals surface area (Å²) in [4.78, 5) is 12.1. The predicted molar refractivity (Wildman–Crippen MR) is 76.1 cm³/mol. The van der Waals surface area contributed by atoms with Crippen molar-refractivity contribution >= 4 is 46.4 Å². The molecule has 2 N–H and O–H groups in total. The molecule has 21 heavy (non-hydrogen) atoms. The predicted octanol–water partition coefficient (Wildman–Crippen LogP) is 4.13. The maximum Gasteiger partial charge on any atom is 0.404 e. The van der Waals surface area contributed by atoms with E-state index in [1.54, 1.807) is 0 Å². The lowest BCUT2D eigenvalue weighted by atomic mass is 9.85. The van der Waals surface area contributed by atoms with E-state index in [1.807, 2.05) is 0 Å². The first-order chi connectivity index (χ1) is 9.67. The Morgan fingerprint density at radius 3 is 2.33 bits per heavy atom. The quantitative estimate of drug-likeness (QED) is 0.778. The summed E-state index contributed by atoms with van der Waals surface area (Å²) < 4.78 is 39.7. The highest BCUT2D eigenvalue weighted by atomic mass is 35.5. The molecule has 0 radical (unpaired) electrons. The summed E-state index contributed by atoms with van der Waals surface area (Å²) in [6.07, 6.45) is -5.00. The van der Waals surface area contributed by atoms with Crippen molar-refractivity contribution in [1.82, 2.24) is 5.32 Å². The summed E-state index contributed by atoms with van der Waals surface area (Å²) in [6, 6.07) is 2.48. The Bertz CT molecular complexity index is 572. The van der Waals surface area contributed by atoms with Crippen LogP contribution in [0.1, 0.15) is 6.42 Å². The lowest BCUT2D eigenvalue weighted by Gasteiger charge is -2.29. The van der Waals surface area contributed by atoms with Crippen molar-refractivity contribution in [2.45, 2.75) is 12.6 Å². The van der Waals surface area contributed by atoms with Crippen LogP contribution in [0.2, 0.25) is 15.1 Å². The molecule has 1 amide bonds. The van der Waals surface area contributed by atoms with E-state index >= 15 is 0 Å². The number of carbonyl (C=O) groups excluding carboxylic acids is 1. The number of alkyl halides is 3. The summed E-state index contributed by atoms with van der Waals surface area (Å²) in [5.41, 5.74) is -2.48. The third kappa shape index (κ3) is 3.08. The number of benzene rings is 1. The van der Waals surface area contributed by atoms with Gasteiger partial charge in [-0.3, -0.25) is 4.79 Å². The first-order valence-corrected chi connectivity index (χ1v) is 7.04. The maximum absolute atomic E-state index is 13.2. The second kappa shape index (κ2) is 5.83. The second-order valence-corrected chi connectivity index (χ2v) is 5.93. The summed E-state index contributed by atoms with van der Waals surface area (Å²) in [6.45, 7) is -0.358. The Labute approximate surface area is 133 Å².